The molecule has 1 N–H and O–H groups in total. The van der Waals surface area contributed by atoms with Crippen LogP contribution in [0.5, 0.6) is 5.75 Å². The molecule has 0 aromatic heterocycles. The minimum absolute atomic E-state index is 0.176. The molecule has 1 heterocycles. The average molecular weight is 290 g/mol. The van der Waals surface area contributed by atoms with Crippen molar-refractivity contribution in [1.29, 1.82) is 0 Å². The van der Waals surface area contributed by atoms with Gasteiger partial charge in [-0.1, -0.05) is 12.1 Å². The van der Waals surface area contributed by atoms with Gasteiger partial charge in [0.2, 0.25) is 5.91 Å². The Hall–Kier alpha value is -1.55. The van der Waals surface area contributed by atoms with Crippen molar-refractivity contribution in [2.75, 3.05) is 26.7 Å². The summed E-state index contributed by atoms with van der Waals surface area (Å²) in [6, 6.07) is 8.29. The predicted molar refractivity (Wildman–Crippen MR) is 84.6 cm³/mol. The van der Waals surface area contributed by atoms with E-state index in [4.69, 9.17) is 4.74 Å². The van der Waals surface area contributed by atoms with Crippen LogP contribution < -0.4 is 10.1 Å². The maximum absolute atomic E-state index is 12.2. The first-order chi connectivity index (χ1) is 10.2. The van der Waals surface area contributed by atoms with Crippen LogP contribution in [0.1, 0.15) is 31.2 Å². The highest BCUT2D eigenvalue weighted by Gasteiger charge is 2.20. The van der Waals surface area contributed by atoms with Crippen molar-refractivity contribution in [3.63, 3.8) is 0 Å². The summed E-state index contributed by atoms with van der Waals surface area (Å²) in [4.78, 5) is 14.1. The number of rotatable bonds is 5. The zero-order valence-corrected chi connectivity index (χ0v) is 13.1. The van der Waals surface area contributed by atoms with Crippen molar-refractivity contribution in [2.45, 2.75) is 38.6 Å². The van der Waals surface area contributed by atoms with Gasteiger partial charge in [-0.15, -0.1) is 0 Å². The van der Waals surface area contributed by atoms with Crippen LogP contribution in [-0.2, 0) is 4.79 Å². The quantitative estimate of drug-likeness (QED) is 0.905. The minimum atomic E-state index is 0.176. The maximum Gasteiger partial charge on any atom is 0.225 e. The molecule has 1 saturated heterocycles. The third-order valence-electron chi connectivity index (χ3n) is 4.06. The number of amides is 1. The molecule has 0 saturated carbocycles. The summed E-state index contributed by atoms with van der Waals surface area (Å²) >= 11 is 0. The number of nitrogens with zero attached hydrogens (tertiary/aromatic N) is 1. The van der Waals surface area contributed by atoms with Gasteiger partial charge in [0.15, 0.2) is 0 Å². The largest absolute Gasteiger partial charge is 0.493 e. The second kappa shape index (κ2) is 8.03. The van der Waals surface area contributed by atoms with Crippen LogP contribution in [0, 0.1) is 6.92 Å². The summed E-state index contributed by atoms with van der Waals surface area (Å²) in [5.41, 5.74) is 1.17. The molecule has 1 aliphatic heterocycles. The van der Waals surface area contributed by atoms with Gasteiger partial charge in [-0.3, -0.25) is 4.79 Å². The Kier molecular flexibility index (Phi) is 6.05. The molecular weight excluding hydrogens is 264 g/mol. The normalized spacial score (nSPS) is 18.9. The predicted octanol–water partition coefficient (Wildman–Crippen LogP) is 2.36. The van der Waals surface area contributed by atoms with Crippen LogP contribution in [0.15, 0.2) is 24.3 Å². The number of carbonyl (C=O) groups is 1. The van der Waals surface area contributed by atoms with Gasteiger partial charge in [-0.25, -0.2) is 0 Å². The van der Waals surface area contributed by atoms with Crippen LogP contribution >= 0.6 is 0 Å². The van der Waals surface area contributed by atoms with E-state index >= 15 is 0 Å². The monoisotopic (exact) mass is 290 g/mol. The van der Waals surface area contributed by atoms with E-state index < -0.39 is 0 Å². The molecule has 1 amide bonds. The lowest BCUT2D eigenvalue weighted by atomic mass is 10.1. The standard InChI is InChI=1S/C17H26N2O2/c1-14-5-3-7-16(13-14)21-12-9-17(20)19(2)15-6-4-10-18-11-8-15/h3,5,7,13,15,18H,4,6,8-12H2,1-2H3. The highest BCUT2D eigenvalue weighted by atomic mass is 16.5. The lowest BCUT2D eigenvalue weighted by Crippen LogP contribution is -2.38. The van der Waals surface area contributed by atoms with Crippen molar-refractivity contribution < 1.29 is 9.53 Å². The number of aryl methyl sites for hydroxylation is 1. The Morgan fingerprint density at radius 2 is 2.24 bits per heavy atom. The molecule has 1 fully saturated rings. The second-order valence-electron chi connectivity index (χ2n) is 5.75. The molecule has 0 aliphatic carbocycles. The van der Waals surface area contributed by atoms with Gasteiger partial charge < -0.3 is 15.0 Å². The Bertz CT molecular complexity index is 454. The highest BCUT2D eigenvalue weighted by Crippen LogP contribution is 2.15. The van der Waals surface area contributed by atoms with Gasteiger partial charge in [-0.05, 0) is 57.0 Å². The SMILES string of the molecule is Cc1cccc(OCCC(=O)N(C)C2CCCNCC2)c1. The average Bonchev–Trinajstić information content (AvgIpc) is 2.75. The lowest BCUT2D eigenvalue weighted by Gasteiger charge is -2.27. The molecule has 2 rings (SSSR count). The third kappa shape index (κ3) is 5.05. The zero-order chi connectivity index (χ0) is 15.1. The fraction of sp³-hybridized carbons (Fsp3) is 0.588. The van der Waals surface area contributed by atoms with Crippen LogP contribution in [0.4, 0.5) is 0 Å². The maximum atomic E-state index is 12.2. The molecule has 1 aliphatic rings. The van der Waals surface area contributed by atoms with E-state index in [1.165, 1.54) is 5.56 Å². The third-order valence-corrected chi connectivity index (χ3v) is 4.06. The van der Waals surface area contributed by atoms with E-state index in [-0.39, 0.29) is 5.91 Å². The molecule has 4 nitrogen and oxygen atoms in total. The van der Waals surface area contributed by atoms with Gasteiger partial charge >= 0.3 is 0 Å². The zero-order valence-electron chi connectivity index (χ0n) is 13.1. The first kappa shape index (κ1) is 15.8. The number of carbonyl (C=O) groups excluding carboxylic acids is 1. The molecule has 1 aromatic carbocycles. The van der Waals surface area contributed by atoms with Gasteiger partial charge in [0.25, 0.3) is 0 Å². The first-order valence-corrected chi connectivity index (χ1v) is 7.82. The first-order valence-electron chi connectivity index (χ1n) is 7.82. The summed E-state index contributed by atoms with van der Waals surface area (Å²) in [5.74, 6) is 1.01. The Labute approximate surface area is 127 Å². The molecule has 1 atom stereocenters. The van der Waals surface area contributed by atoms with E-state index in [1.807, 2.05) is 43.1 Å². The summed E-state index contributed by atoms with van der Waals surface area (Å²) in [6.07, 6.45) is 3.71. The number of nitrogens with one attached hydrogen (secondary N) is 1. The highest BCUT2D eigenvalue weighted by molar-refractivity contribution is 5.76. The molecule has 0 radical (unpaired) electrons. The molecule has 0 spiro atoms. The smallest absolute Gasteiger partial charge is 0.225 e. The minimum Gasteiger partial charge on any atom is -0.493 e. The van der Waals surface area contributed by atoms with Crippen LogP contribution in [-0.4, -0.2) is 43.6 Å². The molecule has 116 valence electrons. The van der Waals surface area contributed by atoms with Crippen molar-refractivity contribution in [3.05, 3.63) is 29.8 Å². The van der Waals surface area contributed by atoms with E-state index in [9.17, 15) is 4.79 Å². The van der Waals surface area contributed by atoms with Crippen molar-refractivity contribution in [2.24, 2.45) is 0 Å². The molecule has 1 aromatic rings. The number of hydrogen-bond donors (Lipinski definition) is 1. The molecule has 1 unspecified atom stereocenters. The van der Waals surface area contributed by atoms with Crippen LogP contribution in [0.2, 0.25) is 0 Å². The summed E-state index contributed by atoms with van der Waals surface area (Å²) < 4.78 is 5.66. The number of hydrogen-bond acceptors (Lipinski definition) is 3. The fourth-order valence-electron chi connectivity index (χ4n) is 2.73. The van der Waals surface area contributed by atoms with E-state index in [1.54, 1.807) is 0 Å². The summed E-state index contributed by atoms with van der Waals surface area (Å²) in [5, 5.41) is 3.38. The summed E-state index contributed by atoms with van der Waals surface area (Å²) in [6.45, 7) is 4.54. The number of ether oxygens (including phenoxy) is 1. The molecular formula is C17H26N2O2. The van der Waals surface area contributed by atoms with E-state index in [2.05, 4.69) is 5.32 Å². The fourth-order valence-corrected chi connectivity index (χ4v) is 2.73. The Morgan fingerprint density at radius 3 is 3.05 bits per heavy atom. The van der Waals surface area contributed by atoms with Crippen LogP contribution in [0.25, 0.3) is 0 Å². The van der Waals surface area contributed by atoms with E-state index in [0.717, 1.165) is 38.1 Å². The Morgan fingerprint density at radius 1 is 1.38 bits per heavy atom. The van der Waals surface area contributed by atoms with Gasteiger partial charge in [0.05, 0.1) is 13.0 Å². The van der Waals surface area contributed by atoms with Gasteiger partial charge in [0.1, 0.15) is 5.75 Å². The van der Waals surface area contributed by atoms with Gasteiger partial charge in [-0.2, -0.15) is 0 Å². The topological polar surface area (TPSA) is 41.6 Å². The Balaban J connectivity index is 1.75. The van der Waals surface area contributed by atoms with Gasteiger partial charge in [0, 0.05) is 13.1 Å². The van der Waals surface area contributed by atoms with Crippen molar-refractivity contribution >= 4 is 5.91 Å². The molecule has 21 heavy (non-hydrogen) atoms. The van der Waals surface area contributed by atoms with E-state index in [0.29, 0.717) is 19.1 Å². The summed E-state index contributed by atoms with van der Waals surface area (Å²) in [7, 11) is 1.92. The molecule has 4 heteroatoms. The molecule has 0 bridgehead atoms. The second-order valence-corrected chi connectivity index (χ2v) is 5.75. The van der Waals surface area contributed by atoms with Crippen molar-refractivity contribution in [3.8, 4) is 5.75 Å². The lowest BCUT2D eigenvalue weighted by molar-refractivity contribution is -0.132. The van der Waals surface area contributed by atoms with Crippen LogP contribution in [0.3, 0.4) is 0 Å². The van der Waals surface area contributed by atoms with Crippen molar-refractivity contribution in [1.82, 2.24) is 10.2 Å². The number of benzene rings is 1.